The first-order valence-corrected chi connectivity index (χ1v) is 9.16. The van der Waals surface area contributed by atoms with E-state index < -0.39 is 5.60 Å². The number of carbonyl (C=O) groups is 1. The van der Waals surface area contributed by atoms with Gasteiger partial charge in [0.1, 0.15) is 5.75 Å². The van der Waals surface area contributed by atoms with Crippen molar-refractivity contribution >= 4 is 23.2 Å². The van der Waals surface area contributed by atoms with Crippen LogP contribution in [0.5, 0.6) is 5.75 Å². The Bertz CT molecular complexity index is 737. The van der Waals surface area contributed by atoms with Gasteiger partial charge in [0.2, 0.25) is 0 Å². The molecule has 1 aromatic carbocycles. The fourth-order valence-electron chi connectivity index (χ4n) is 2.85. The van der Waals surface area contributed by atoms with Crippen LogP contribution in [0.2, 0.25) is 5.02 Å². The van der Waals surface area contributed by atoms with Gasteiger partial charge in [0, 0.05) is 31.0 Å². The molecule has 3 rings (SSSR count). The molecule has 1 N–H and O–H groups in total. The van der Waals surface area contributed by atoms with E-state index in [-0.39, 0.29) is 5.91 Å². The Hall–Kier alpha value is -2.05. The number of ether oxygens (including phenoxy) is 2. The second-order valence-electron chi connectivity index (χ2n) is 7.03. The van der Waals surface area contributed by atoms with Crippen LogP contribution in [0.4, 0.5) is 5.69 Å². The first-order valence-electron chi connectivity index (χ1n) is 8.78. The van der Waals surface area contributed by atoms with Crippen LogP contribution in [-0.4, -0.2) is 34.5 Å². The molecule has 1 fully saturated rings. The maximum Gasteiger partial charge on any atom is 0.268 e. The Morgan fingerprint density at radius 3 is 2.73 bits per heavy atom. The number of nitrogens with one attached hydrogen (secondary N) is 1. The van der Waals surface area contributed by atoms with Crippen LogP contribution in [0.15, 0.2) is 36.7 Å². The van der Waals surface area contributed by atoms with E-state index >= 15 is 0 Å². The van der Waals surface area contributed by atoms with Crippen molar-refractivity contribution in [1.29, 1.82) is 0 Å². The highest BCUT2D eigenvalue weighted by molar-refractivity contribution is 6.30. The van der Waals surface area contributed by atoms with Gasteiger partial charge in [-0.1, -0.05) is 11.6 Å². The molecule has 2 heterocycles. The van der Waals surface area contributed by atoms with Crippen LogP contribution in [0.3, 0.4) is 0 Å². The number of halogens is 1. The molecular formula is C19H24ClN3O3. The van der Waals surface area contributed by atoms with Gasteiger partial charge in [0.25, 0.3) is 5.91 Å². The standard InChI is InChI=1S/C19H24ClN3O3/c1-19(2,26-17-5-3-15(20)4-6-17)18(24)22-16-11-21-23(13-16)12-14-7-9-25-10-8-14/h3-6,11,13-14H,7-10,12H2,1-2H3,(H,22,24). The molecule has 1 aromatic heterocycles. The lowest BCUT2D eigenvalue weighted by Gasteiger charge is -2.25. The molecule has 1 saturated heterocycles. The summed E-state index contributed by atoms with van der Waals surface area (Å²) >= 11 is 5.87. The van der Waals surface area contributed by atoms with Gasteiger partial charge in [0.05, 0.1) is 11.9 Å². The minimum Gasteiger partial charge on any atom is -0.478 e. The minimum atomic E-state index is -1.03. The highest BCUT2D eigenvalue weighted by atomic mass is 35.5. The normalized spacial score (nSPS) is 15.7. The number of benzene rings is 1. The summed E-state index contributed by atoms with van der Waals surface area (Å²) in [5, 5.41) is 7.84. The van der Waals surface area contributed by atoms with Gasteiger partial charge >= 0.3 is 0 Å². The molecule has 6 nitrogen and oxygen atoms in total. The topological polar surface area (TPSA) is 65.4 Å². The summed E-state index contributed by atoms with van der Waals surface area (Å²) in [5.41, 5.74) is -0.369. The third-order valence-corrected chi connectivity index (χ3v) is 4.66. The fourth-order valence-corrected chi connectivity index (χ4v) is 2.97. The van der Waals surface area contributed by atoms with E-state index in [0.29, 0.717) is 22.4 Å². The molecule has 2 aromatic rings. The van der Waals surface area contributed by atoms with Crippen molar-refractivity contribution in [3.63, 3.8) is 0 Å². The number of nitrogens with zero attached hydrogens (tertiary/aromatic N) is 2. The van der Waals surface area contributed by atoms with Crippen molar-refractivity contribution in [2.45, 2.75) is 38.8 Å². The zero-order valence-corrected chi connectivity index (χ0v) is 15.8. The van der Waals surface area contributed by atoms with Crippen LogP contribution in [0.1, 0.15) is 26.7 Å². The molecule has 1 amide bonds. The molecule has 26 heavy (non-hydrogen) atoms. The average Bonchev–Trinajstić information content (AvgIpc) is 3.04. The Morgan fingerprint density at radius 1 is 1.35 bits per heavy atom. The van der Waals surface area contributed by atoms with Crippen molar-refractivity contribution in [2.75, 3.05) is 18.5 Å². The van der Waals surface area contributed by atoms with E-state index in [1.54, 1.807) is 44.3 Å². The van der Waals surface area contributed by atoms with Crippen molar-refractivity contribution < 1.29 is 14.3 Å². The molecule has 0 spiro atoms. The zero-order valence-electron chi connectivity index (χ0n) is 15.1. The molecular weight excluding hydrogens is 354 g/mol. The number of rotatable bonds is 6. The third-order valence-electron chi connectivity index (χ3n) is 4.41. The van der Waals surface area contributed by atoms with Crippen LogP contribution >= 0.6 is 11.6 Å². The predicted octanol–water partition coefficient (Wildman–Crippen LogP) is 3.76. The van der Waals surface area contributed by atoms with E-state index in [1.165, 1.54) is 0 Å². The lowest BCUT2D eigenvalue weighted by molar-refractivity contribution is -0.128. The largest absolute Gasteiger partial charge is 0.478 e. The molecule has 0 radical (unpaired) electrons. The van der Waals surface area contributed by atoms with Crippen LogP contribution in [0, 0.1) is 5.92 Å². The second-order valence-corrected chi connectivity index (χ2v) is 7.46. The molecule has 1 aliphatic heterocycles. The molecule has 0 aliphatic carbocycles. The molecule has 0 saturated carbocycles. The van der Waals surface area contributed by atoms with Gasteiger partial charge in [-0.3, -0.25) is 9.48 Å². The number of hydrogen-bond donors (Lipinski definition) is 1. The zero-order chi connectivity index (χ0) is 18.6. The van der Waals surface area contributed by atoms with Gasteiger partial charge < -0.3 is 14.8 Å². The smallest absolute Gasteiger partial charge is 0.268 e. The molecule has 1 aliphatic rings. The number of carbonyl (C=O) groups excluding carboxylic acids is 1. The number of hydrogen-bond acceptors (Lipinski definition) is 4. The fraction of sp³-hybridized carbons (Fsp3) is 0.474. The molecule has 140 valence electrons. The van der Waals surface area contributed by atoms with Gasteiger partial charge in [-0.25, -0.2) is 0 Å². The van der Waals surface area contributed by atoms with Gasteiger partial charge in [0.15, 0.2) is 5.60 Å². The van der Waals surface area contributed by atoms with Crippen molar-refractivity contribution in [1.82, 2.24) is 9.78 Å². The maximum atomic E-state index is 12.6. The summed E-state index contributed by atoms with van der Waals surface area (Å²) in [7, 11) is 0. The van der Waals surface area contributed by atoms with E-state index in [2.05, 4.69) is 10.4 Å². The van der Waals surface area contributed by atoms with E-state index in [0.717, 1.165) is 32.6 Å². The lowest BCUT2D eigenvalue weighted by Crippen LogP contribution is -2.42. The molecule has 0 atom stereocenters. The maximum absolute atomic E-state index is 12.6. The predicted molar refractivity (Wildman–Crippen MR) is 101 cm³/mol. The first-order chi connectivity index (χ1) is 12.4. The molecule has 0 bridgehead atoms. The van der Waals surface area contributed by atoms with Gasteiger partial charge in [-0.05, 0) is 56.9 Å². The third kappa shape index (κ3) is 4.99. The van der Waals surface area contributed by atoms with Crippen molar-refractivity contribution in [2.24, 2.45) is 5.92 Å². The molecule has 7 heteroatoms. The Morgan fingerprint density at radius 2 is 2.04 bits per heavy atom. The summed E-state index contributed by atoms with van der Waals surface area (Å²) in [6, 6.07) is 6.93. The SMILES string of the molecule is CC(C)(Oc1ccc(Cl)cc1)C(=O)Nc1cnn(CC2CCOCC2)c1. The van der Waals surface area contributed by atoms with Crippen molar-refractivity contribution in [3.05, 3.63) is 41.7 Å². The number of amides is 1. The summed E-state index contributed by atoms with van der Waals surface area (Å²) in [5.74, 6) is 0.916. The highest BCUT2D eigenvalue weighted by Gasteiger charge is 2.30. The Balaban J connectivity index is 1.57. The van der Waals surface area contributed by atoms with Crippen LogP contribution in [-0.2, 0) is 16.1 Å². The van der Waals surface area contributed by atoms with Crippen molar-refractivity contribution in [3.8, 4) is 5.75 Å². The Kier molecular flexibility index (Phi) is 5.84. The van der Waals surface area contributed by atoms with E-state index in [1.807, 2.05) is 10.9 Å². The highest BCUT2D eigenvalue weighted by Crippen LogP contribution is 2.22. The second kappa shape index (κ2) is 8.10. The van der Waals surface area contributed by atoms with Crippen LogP contribution < -0.4 is 10.1 Å². The average molecular weight is 378 g/mol. The molecule has 0 unspecified atom stereocenters. The Labute approximate surface area is 158 Å². The minimum absolute atomic E-state index is 0.238. The van der Waals surface area contributed by atoms with E-state index in [4.69, 9.17) is 21.1 Å². The lowest BCUT2D eigenvalue weighted by atomic mass is 10.0. The quantitative estimate of drug-likeness (QED) is 0.832. The first kappa shape index (κ1) is 18.7. The summed E-state index contributed by atoms with van der Waals surface area (Å²) in [4.78, 5) is 12.6. The summed E-state index contributed by atoms with van der Waals surface area (Å²) < 4.78 is 13.1. The van der Waals surface area contributed by atoms with Crippen LogP contribution in [0.25, 0.3) is 0 Å². The summed E-state index contributed by atoms with van der Waals surface area (Å²) in [6.45, 7) is 5.91. The summed E-state index contributed by atoms with van der Waals surface area (Å²) in [6.07, 6.45) is 5.61. The number of aromatic nitrogens is 2. The van der Waals surface area contributed by atoms with Gasteiger partial charge in [-0.15, -0.1) is 0 Å². The van der Waals surface area contributed by atoms with E-state index in [9.17, 15) is 4.79 Å². The number of anilines is 1. The van der Waals surface area contributed by atoms with Gasteiger partial charge in [-0.2, -0.15) is 5.10 Å². The monoisotopic (exact) mass is 377 g/mol.